The van der Waals surface area contributed by atoms with Gasteiger partial charge in [-0.15, -0.1) is 0 Å². The number of rotatable bonds is 12. The van der Waals surface area contributed by atoms with Crippen LogP contribution in [0.25, 0.3) is 88.7 Å². The van der Waals surface area contributed by atoms with Gasteiger partial charge in [0.05, 0.1) is 79.2 Å². The Kier molecular flexibility index (Phi) is 30.8. The number of ether oxygens (including phenoxy) is 2. The average molecular weight is 1630 g/mol. The van der Waals surface area contributed by atoms with Crippen LogP contribution in [0.1, 0.15) is 101 Å². The van der Waals surface area contributed by atoms with E-state index < -0.39 is 25.0 Å². The first-order chi connectivity index (χ1) is 52.1. The van der Waals surface area contributed by atoms with E-state index in [9.17, 15) is 33.9 Å². The minimum atomic E-state index is -1.40. The number of aryl methyl sites for hydroxylation is 3. The Morgan fingerprint density at radius 3 is 1.01 bits per heavy atom. The van der Waals surface area contributed by atoms with Crippen LogP contribution in [-0.4, -0.2) is 122 Å². The Morgan fingerprint density at radius 1 is 0.398 bits per heavy atom. The third-order valence-electron chi connectivity index (χ3n) is 17.4. The number of carboxylic acids is 1. The molecule has 27 heteroatoms. The molecule has 0 atom stereocenters. The number of carboxylic acid groups (broad SMARTS) is 1. The molecule has 0 saturated carbocycles. The fourth-order valence-corrected chi connectivity index (χ4v) is 13.2. The van der Waals surface area contributed by atoms with E-state index in [4.69, 9.17) is 59.4 Å². The number of aromatic nitrogens is 9. The van der Waals surface area contributed by atoms with Crippen molar-refractivity contribution >= 4 is 132 Å². The predicted molar refractivity (Wildman–Crippen MR) is 443 cm³/mol. The van der Waals surface area contributed by atoms with Crippen LogP contribution < -0.4 is 24.3 Å². The Bertz CT molecular complexity index is 5880. The van der Waals surface area contributed by atoms with Crippen molar-refractivity contribution in [2.24, 2.45) is 0 Å². The summed E-state index contributed by atoms with van der Waals surface area (Å²) in [6.07, 6.45) is 9.93. The molecule has 0 radical (unpaired) electrons. The van der Waals surface area contributed by atoms with Gasteiger partial charge in [-0.1, -0.05) is 176 Å². The maximum absolute atomic E-state index is 13.7. The van der Waals surface area contributed by atoms with Crippen molar-refractivity contribution in [3.05, 3.63) is 325 Å². The number of methoxy groups -OCH3 is 2. The van der Waals surface area contributed by atoms with Gasteiger partial charge in [0.25, 0.3) is 17.7 Å². The van der Waals surface area contributed by atoms with Crippen LogP contribution in [0.15, 0.2) is 260 Å². The van der Waals surface area contributed by atoms with Crippen LogP contribution >= 0.6 is 50.7 Å². The zero-order valence-corrected chi connectivity index (χ0v) is 63.3. The Hall–Kier alpha value is -11.8. The van der Waals surface area contributed by atoms with E-state index in [-0.39, 0.29) is 69.9 Å². The van der Waals surface area contributed by atoms with E-state index in [2.05, 4.69) is 41.1 Å². The molecule has 0 aliphatic rings. The summed E-state index contributed by atoms with van der Waals surface area (Å²) in [6.45, 7) is 5.52. The molecule has 6 heterocycles. The molecule has 0 bridgehead atoms. The van der Waals surface area contributed by atoms with Crippen LogP contribution in [0.4, 0.5) is 0 Å². The fourth-order valence-electron chi connectivity index (χ4n) is 11.9. The van der Waals surface area contributed by atoms with E-state index in [1.54, 1.807) is 134 Å². The maximum Gasteiger partial charge on any atom is 1.00 e. The SMILES string of the molecule is C.C.C.COC(=O)c1ccc(-c2nn(C(=O)c3c(C)cccc3Cl)c3cc(-c4cccnc4)ccc23)cc1.COC(=O)c1ccc(-c2nn(C(=O)c3c(C)cccc3Cl)c3cc(Br)ccc23)cc1.Cc1cccc(Cl)c1C(=O)n1nc(-c2ccc(C(=O)O)cc2)c2ccc(-c3cccnc3)cc21.OB(O)c1cccnc1.[Li+].[OH-]. The number of hydrogen-bond donors (Lipinski definition) is 3. The number of pyridine rings is 3. The normalized spacial score (nSPS) is 10.3. The number of aromatic carboxylic acids is 1. The molecule has 0 aliphatic carbocycles. The molecule has 15 aromatic rings. The number of carbonyl (C=O) groups is 6. The number of benzene rings is 9. The summed E-state index contributed by atoms with van der Waals surface area (Å²) < 4.78 is 14.5. The van der Waals surface area contributed by atoms with Crippen LogP contribution in [0.5, 0.6) is 0 Å². The van der Waals surface area contributed by atoms with Crippen LogP contribution in [0.3, 0.4) is 0 Å². The van der Waals surface area contributed by atoms with E-state index in [0.29, 0.717) is 87.5 Å². The monoisotopic (exact) mass is 1630 g/mol. The Labute approximate surface area is 687 Å². The van der Waals surface area contributed by atoms with Gasteiger partial charge in [0.15, 0.2) is 0 Å². The zero-order chi connectivity index (χ0) is 76.4. The predicted octanol–water partition coefficient (Wildman–Crippen LogP) is 15.7. The number of halogens is 4. The quantitative estimate of drug-likeness (QED) is 0.0756. The van der Waals surface area contributed by atoms with Gasteiger partial charge in [-0.2, -0.15) is 29.3 Å². The minimum absolute atomic E-state index is 0. The van der Waals surface area contributed by atoms with Gasteiger partial charge in [0.2, 0.25) is 0 Å². The van der Waals surface area contributed by atoms with Gasteiger partial charge in [0, 0.05) is 91.1 Å². The molecular weight excluding hydrogens is 1560 g/mol. The number of carbonyl (C=O) groups excluding carboxylic acids is 5. The standard InChI is InChI=1S/C28H20ClN3O3.C27H18ClN3O3.C23H16BrClN2O3.C5H6BNO2.3CH4.Li.H2O/c1-17-5-3-7-23(29)25(17)27(33)32-24-15-20(21-6-4-14-30-16-21)12-13-22(24)26(31-32)18-8-10-19(11-9-18)28(34)35-2;1-16-4-2-6-22(28)24(16)26(32)31-23-14-19(20-5-3-13-29-15-20)11-12-21(23)25(30-31)17-7-9-18(10-8-17)27(33)34;1-13-4-3-5-18(25)20(13)22(28)27-19-12-16(24)10-11-17(19)21(26-27)14-6-8-15(9-7-14)23(29)30-2;8-6(9)5-2-1-3-7-4-5;;;;;/h3-16H,1-2H3;2-15H,1H3,(H,33,34);3-12H,1-2H3;1-4,8-9H;3*1H4;;1H2/q;;;;;;;+1;/p-1. The van der Waals surface area contributed by atoms with Crippen molar-refractivity contribution in [3.63, 3.8) is 0 Å². The molecule has 15 rings (SSSR count). The van der Waals surface area contributed by atoms with Crippen molar-refractivity contribution in [2.75, 3.05) is 14.2 Å². The molecule has 0 spiro atoms. The zero-order valence-electron chi connectivity index (χ0n) is 59.4. The van der Waals surface area contributed by atoms with Gasteiger partial charge in [-0.05, 0) is 164 Å². The van der Waals surface area contributed by atoms with Gasteiger partial charge in [0.1, 0.15) is 17.1 Å². The first-order valence-corrected chi connectivity index (χ1v) is 35.0. The van der Waals surface area contributed by atoms with E-state index in [1.807, 2.05) is 124 Å². The van der Waals surface area contributed by atoms with Crippen molar-refractivity contribution in [2.45, 2.75) is 43.1 Å². The second kappa shape index (κ2) is 39.4. The number of nitrogens with zero attached hydrogens (tertiary/aromatic N) is 9. The van der Waals surface area contributed by atoms with E-state index in [0.717, 1.165) is 70.7 Å². The summed E-state index contributed by atoms with van der Waals surface area (Å²) in [4.78, 5) is 87.7. The summed E-state index contributed by atoms with van der Waals surface area (Å²) in [7, 11) is 1.28. The molecule has 0 saturated heterocycles. The van der Waals surface area contributed by atoms with Crippen molar-refractivity contribution in [1.29, 1.82) is 0 Å². The van der Waals surface area contributed by atoms with Crippen molar-refractivity contribution in [1.82, 2.24) is 44.3 Å². The van der Waals surface area contributed by atoms with E-state index >= 15 is 0 Å². The molecule has 0 amide bonds. The number of esters is 2. The molecule has 4 N–H and O–H groups in total. The largest absolute Gasteiger partial charge is 1.00 e. The van der Waals surface area contributed by atoms with Crippen LogP contribution in [0.2, 0.25) is 15.1 Å². The molecule has 21 nitrogen and oxygen atoms in total. The third-order valence-corrected chi connectivity index (χ3v) is 18.9. The summed E-state index contributed by atoms with van der Waals surface area (Å²) >= 11 is 22.6. The molecule has 566 valence electrons. The van der Waals surface area contributed by atoms with Gasteiger partial charge in [-0.3, -0.25) is 29.3 Å². The molecular formula is C86H73BBrCl3LiN9O12. The summed E-state index contributed by atoms with van der Waals surface area (Å²) in [6, 6.07) is 64.4. The fraction of sp³-hybridized carbons (Fsp3) is 0.0930. The van der Waals surface area contributed by atoms with E-state index in [1.165, 1.54) is 46.6 Å². The third kappa shape index (κ3) is 19.4. The van der Waals surface area contributed by atoms with Gasteiger partial charge in [-0.25, -0.2) is 14.4 Å². The second-order valence-electron chi connectivity index (χ2n) is 24.3. The topological polar surface area (TPSA) is 304 Å². The van der Waals surface area contributed by atoms with Crippen molar-refractivity contribution < 1.29 is 77.7 Å². The smallest absolute Gasteiger partial charge is 0.870 e. The van der Waals surface area contributed by atoms with Gasteiger partial charge < -0.3 is 30.1 Å². The summed E-state index contributed by atoms with van der Waals surface area (Å²) in [5.41, 5.74) is 14.5. The van der Waals surface area contributed by atoms with Gasteiger partial charge >= 0.3 is 43.9 Å². The Balaban J connectivity index is 0.000000218. The molecule has 0 unspecified atom stereocenters. The summed E-state index contributed by atoms with van der Waals surface area (Å²) in [5.74, 6) is -2.81. The molecule has 9 aromatic carbocycles. The second-order valence-corrected chi connectivity index (χ2v) is 26.4. The molecule has 0 aliphatic heterocycles. The summed E-state index contributed by atoms with van der Waals surface area (Å²) in [5, 5.41) is 43.8. The number of hydrogen-bond acceptors (Lipinski definition) is 17. The number of fused-ring (bicyclic) bond motifs is 3. The first-order valence-electron chi connectivity index (χ1n) is 33.0. The van der Waals surface area contributed by atoms with Crippen LogP contribution in [-0.2, 0) is 9.47 Å². The molecule has 0 fully saturated rings. The average Bonchev–Trinajstić information content (AvgIpc) is 1.63. The Morgan fingerprint density at radius 2 is 0.717 bits per heavy atom. The van der Waals surface area contributed by atoms with Crippen LogP contribution in [0, 0.1) is 20.8 Å². The maximum atomic E-state index is 13.7. The first kappa shape index (κ1) is 88.4. The molecule has 113 heavy (non-hydrogen) atoms. The molecule has 6 aromatic heterocycles. The van der Waals surface area contributed by atoms with Crippen molar-refractivity contribution in [3.8, 4) is 56.0 Å². The minimum Gasteiger partial charge on any atom is -0.870 e.